The van der Waals surface area contributed by atoms with Gasteiger partial charge in [0.05, 0.1) is 28.7 Å². The van der Waals surface area contributed by atoms with Crippen LogP contribution in [0.4, 0.5) is 13.2 Å². The number of aliphatic hydroxyl groups is 3. The molecule has 7 rings (SSSR count). The largest absolute Gasteiger partial charge is 0.394 e. The number of aliphatic hydroxyl groups excluding tert-OH is 3. The highest BCUT2D eigenvalue weighted by Gasteiger charge is 2.46. The molecule has 1 amide bonds. The number of nitrogens with zero attached hydrogens (tertiary/aromatic N) is 1. The molecule has 2 aliphatic heterocycles. The van der Waals surface area contributed by atoms with Gasteiger partial charge in [-0.15, -0.1) is 0 Å². The van der Waals surface area contributed by atoms with Crippen molar-refractivity contribution < 1.29 is 38.0 Å². The highest BCUT2D eigenvalue weighted by Crippen LogP contribution is 2.46. The number of halogens is 3. The highest BCUT2D eigenvalue weighted by molar-refractivity contribution is 6.30. The van der Waals surface area contributed by atoms with Gasteiger partial charge in [0.1, 0.15) is 29.9 Å². The first kappa shape index (κ1) is 22.5. The van der Waals surface area contributed by atoms with E-state index in [1.54, 1.807) is 0 Å². The zero-order chi connectivity index (χ0) is 25.7. The molecule has 8 nitrogen and oxygen atoms in total. The monoisotopic (exact) mass is 511 g/mol. The van der Waals surface area contributed by atoms with Crippen molar-refractivity contribution in [3.63, 3.8) is 0 Å². The van der Waals surface area contributed by atoms with Crippen LogP contribution < -0.4 is 5.32 Å². The number of alkyl halides is 1. The fraction of sp³-hybridized carbons (Fsp3) is 0.269. The SMILES string of the molecule is O=C1NCc2c1c1c3cc(F)ccc3[nH]c1c1c2c2cc(F)ccc2n1[C@@H]1O[C@H](CO)C(F)[C@H](O)[C@H]1O. The van der Waals surface area contributed by atoms with Crippen LogP contribution in [0.1, 0.15) is 22.1 Å². The maximum absolute atomic E-state index is 14.6. The number of ether oxygens (including phenoxy) is 1. The second-order valence-corrected chi connectivity index (χ2v) is 9.53. The Hall–Kier alpha value is -3.64. The fourth-order valence-corrected chi connectivity index (χ4v) is 5.93. The molecule has 5 atom stereocenters. The Bertz CT molecular complexity index is 1780. The van der Waals surface area contributed by atoms with E-state index in [1.165, 1.54) is 41.0 Å². The average Bonchev–Trinajstić information content (AvgIpc) is 3.54. The third-order valence-electron chi connectivity index (χ3n) is 7.54. The van der Waals surface area contributed by atoms with Crippen LogP contribution in [0.3, 0.4) is 0 Å². The van der Waals surface area contributed by atoms with Gasteiger partial charge in [-0.1, -0.05) is 0 Å². The lowest BCUT2D eigenvalue weighted by molar-refractivity contribution is -0.233. The van der Waals surface area contributed by atoms with Crippen LogP contribution in [0, 0.1) is 11.6 Å². The van der Waals surface area contributed by atoms with E-state index >= 15 is 0 Å². The summed E-state index contributed by atoms with van der Waals surface area (Å²) in [6.45, 7) is -0.622. The van der Waals surface area contributed by atoms with Crippen LogP contribution in [0.2, 0.25) is 0 Å². The van der Waals surface area contributed by atoms with Crippen LogP contribution >= 0.6 is 0 Å². The molecule has 1 fully saturated rings. The van der Waals surface area contributed by atoms with E-state index in [4.69, 9.17) is 4.74 Å². The fourth-order valence-electron chi connectivity index (χ4n) is 5.93. The molecular weight excluding hydrogens is 491 g/mol. The predicted molar refractivity (Wildman–Crippen MR) is 128 cm³/mol. The molecule has 2 aromatic heterocycles. The van der Waals surface area contributed by atoms with Gasteiger partial charge in [0.25, 0.3) is 5.91 Å². The van der Waals surface area contributed by atoms with Gasteiger partial charge in [-0.3, -0.25) is 4.79 Å². The number of hydrogen-bond donors (Lipinski definition) is 5. The number of carbonyl (C=O) groups is 1. The lowest BCUT2D eigenvalue weighted by atomic mass is 9.96. The summed E-state index contributed by atoms with van der Waals surface area (Å²) in [7, 11) is 0. The summed E-state index contributed by atoms with van der Waals surface area (Å²) in [6, 6.07) is 8.09. The van der Waals surface area contributed by atoms with E-state index in [1.807, 2.05) is 0 Å². The molecule has 0 radical (unpaired) electrons. The van der Waals surface area contributed by atoms with Crippen molar-refractivity contribution in [3.05, 3.63) is 59.2 Å². The van der Waals surface area contributed by atoms with E-state index in [-0.39, 0.29) is 12.5 Å². The molecule has 4 heterocycles. The molecule has 0 aliphatic carbocycles. The maximum atomic E-state index is 14.6. The summed E-state index contributed by atoms with van der Waals surface area (Å²) in [5.74, 6) is -1.41. The van der Waals surface area contributed by atoms with Gasteiger partial charge >= 0.3 is 0 Å². The number of aromatic nitrogens is 2. The van der Waals surface area contributed by atoms with Crippen LogP contribution in [-0.4, -0.2) is 61.9 Å². The van der Waals surface area contributed by atoms with E-state index in [0.29, 0.717) is 54.7 Å². The third kappa shape index (κ3) is 2.90. The lowest BCUT2D eigenvalue weighted by Crippen LogP contribution is -2.54. The second-order valence-electron chi connectivity index (χ2n) is 9.53. The smallest absolute Gasteiger partial charge is 0.252 e. The average molecular weight is 511 g/mol. The molecule has 1 saturated heterocycles. The van der Waals surface area contributed by atoms with Gasteiger partial charge < -0.3 is 34.9 Å². The molecule has 37 heavy (non-hydrogen) atoms. The van der Waals surface area contributed by atoms with Crippen LogP contribution in [0.25, 0.3) is 43.6 Å². The Morgan fingerprint density at radius 2 is 1.76 bits per heavy atom. The zero-order valence-electron chi connectivity index (χ0n) is 19.0. The number of H-pyrrole nitrogens is 1. The van der Waals surface area contributed by atoms with Crippen molar-refractivity contribution >= 4 is 49.5 Å². The standard InChI is InChI=1S/C26H20F3N3O5/c27-9-1-3-14-11(5-9)18-19-13(7-30-25(19)36)17-12-6-10(28)2-4-15(12)32(22(17)21(18)31-14)26-24(35)23(34)20(29)16(8-33)37-26/h1-6,16,20,23-24,26,31,33-35H,7-8H2,(H,30,36)/t16-,20?,23+,24-,26-/m1/s1. The molecule has 3 aromatic carbocycles. The first-order valence-corrected chi connectivity index (χ1v) is 11.7. The molecule has 0 saturated carbocycles. The van der Waals surface area contributed by atoms with Gasteiger partial charge in [-0.05, 0) is 42.0 Å². The number of rotatable bonds is 2. The molecule has 5 aromatic rings. The number of amides is 1. The Labute approximate surface area is 205 Å². The number of benzene rings is 3. The lowest BCUT2D eigenvalue weighted by Gasteiger charge is -2.40. The van der Waals surface area contributed by atoms with E-state index < -0.39 is 49.0 Å². The van der Waals surface area contributed by atoms with Gasteiger partial charge in [-0.2, -0.15) is 0 Å². The number of aromatic amines is 1. The minimum Gasteiger partial charge on any atom is -0.394 e. The minimum atomic E-state index is -2.04. The molecule has 0 bridgehead atoms. The molecule has 1 unspecified atom stereocenters. The minimum absolute atomic E-state index is 0.126. The number of hydrogen-bond acceptors (Lipinski definition) is 5. The Morgan fingerprint density at radius 1 is 1.03 bits per heavy atom. The molecule has 190 valence electrons. The van der Waals surface area contributed by atoms with Crippen LogP contribution in [0.15, 0.2) is 36.4 Å². The summed E-state index contributed by atoms with van der Waals surface area (Å²) in [4.78, 5) is 16.2. The van der Waals surface area contributed by atoms with Crippen molar-refractivity contribution in [1.29, 1.82) is 0 Å². The number of carbonyl (C=O) groups excluding carboxylic acids is 1. The van der Waals surface area contributed by atoms with Gasteiger partial charge in [0, 0.05) is 33.6 Å². The topological polar surface area (TPSA) is 120 Å². The Kier molecular flexibility index (Phi) is 4.68. The van der Waals surface area contributed by atoms with Crippen molar-refractivity contribution in [1.82, 2.24) is 14.9 Å². The second kappa shape index (κ2) is 7.68. The summed E-state index contributed by atoms with van der Waals surface area (Å²) < 4.78 is 50.7. The number of fused-ring (bicyclic) bond motifs is 10. The molecule has 0 spiro atoms. The summed E-state index contributed by atoms with van der Waals surface area (Å²) in [6.07, 6.45) is -8.45. The van der Waals surface area contributed by atoms with Crippen LogP contribution in [0.5, 0.6) is 0 Å². The predicted octanol–water partition coefficient (Wildman–Crippen LogP) is 2.90. The summed E-state index contributed by atoms with van der Waals surface area (Å²) in [5.41, 5.74) is 2.60. The molecule has 2 aliphatic rings. The van der Waals surface area contributed by atoms with E-state index in [9.17, 15) is 33.3 Å². The first-order chi connectivity index (χ1) is 17.8. The van der Waals surface area contributed by atoms with E-state index in [0.717, 1.165) is 0 Å². The maximum Gasteiger partial charge on any atom is 0.252 e. The van der Waals surface area contributed by atoms with Gasteiger partial charge in [0.2, 0.25) is 0 Å². The van der Waals surface area contributed by atoms with E-state index in [2.05, 4.69) is 10.3 Å². The summed E-state index contributed by atoms with van der Waals surface area (Å²) in [5, 5.41) is 35.7. The molecular formula is C26H20F3N3O5. The first-order valence-electron chi connectivity index (χ1n) is 11.7. The van der Waals surface area contributed by atoms with Crippen molar-refractivity contribution in [2.45, 2.75) is 37.3 Å². The zero-order valence-corrected chi connectivity index (χ0v) is 19.0. The Morgan fingerprint density at radius 3 is 2.51 bits per heavy atom. The quantitative estimate of drug-likeness (QED) is 0.250. The molecule has 5 N–H and O–H groups in total. The Balaban J connectivity index is 1.69. The number of nitrogens with one attached hydrogen (secondary N) is 2. The van der Waals surface area contributed by atoms with Gasteiger partial charge in [-0.25, -0.2) is 13.2 Å². The van der Waals surface area contributed by atoms with Crippen molar-refractivity contribution in [3.8, 4) is 0 Å². The van der Waals surface area contributed by atoms with Crippen molar-refractivity contribution in [2.75, 3.05) is 6.61 Å². The molecule has 11 heteroatoms. The normalized spacial score (nSPS) is 26.0. The summed E-state index contributed by atoms with van der Waals surface area (Å²) >= 11 is 0. The van der Waals surface area contributed by atoms with Crippen LogP contribution in [-0.2, 0) is 11.3 Å². The highest BCUT2D eigenvalue weighted by atomic mass is 19.1. The third-order valence-corrected chi connectivity index (χ3v) is 7.54. The van der Waals surface area contributed by atoms with Gasteiger partial charge in [0.15, 0.2) is 12.4 Å². The van der Waals surface area contributed by atoms with Crippen molar-refractivity contribution in [2.24, 2.45) is 0 Å².